The molecule has 8 atom stereocenters. The minimum atomic E-state index is -1.61. The van der Waals surface area contributed by atoms with Gasteiger partial charge in [-0.1, -0.05) is 302 Å². The van der Waals surface area contributed by atoms with Crippen molar-refractivity contribution in [3.63, 3.8) is 0 Å². The third kappa shape index (κ3) is 44.4. The Labute approximate surface area is 486 Å². The zero-order chi connectivity index (χ0) is 57.5. The molecule has 11 nitrogen and oxygen atoms in total. The molecule has 1 aliphatic heterocycles. The van der Waals surface area contributed by atoms with E-state index in [0.717, 1.165) is 70.6 Å². The van der Waals surface area contributed by atoms with Gasteiger partial charge in [-0.15, -0.1) is 0 Å². The first kappa shape index (κ1) is 75.2. The molecule has 8 unspecified atom stereocenters. The Kier molecular flexibility index (Phi) is 53.9. The van der Waals surface area contributed by atoms with Gasteiger partial charge >= 0.3 is 5.97 Å². The summed E-state index contributed by atoms with van der Waals surface area (Å²) < 4.78 is 17.7. The molecule has 6 N–H and O–H groups in total. The Bertz CT molecular complexity index is 1380. The van der Waals surface area contributed by atoms with Crippen molar-refractivity contribution in [2.75, 3.05) is 13.2 Å². The molecular weight excluding hydrogens is 991 g/mol. The molecule has 1 heterocycles. The van der Waals surface area contributed by atoms with E-state index in [9.17, 15) is 35.1 Å². The molecule has 1 amide bonds. The second-order valence-electron chi connectivity index (χ2n) is 23.9. The number of carbonyl (C=O) groups excluding carboxylic acids is 2. The van der Waals surface area contributed by atoms with Gasteiger partial charge in [0.2, 0.25) is 5.91 Å². The van der Waals surface area contributed by atoms with Crippen molar-refractivity contribution in [2.45, 2.75) is 384 Å². The SMILES string of the molecule is CCCCCC/C=C\CCCCCCCCC(O)C(=O)NC(COC1OC(CO)C(O)C(O)C1OC(=O)CCCCCCCCCCCCCCCCCCCCCCCCC)C(O)/C=C/CCCCCCCCCCCCC. The van der Waals surface area contributed by atoms with E-state index in [2.05, 4.69) is 38.2 Å². The van der Waals surface area contributed by atoms with Crippen LogP contribution < -0.4 is 5.32 Å². The third-order valence-corrected chi connectivity index (χ3v) is 16.4. The van der Waals surface area contributed by atoms with Gasteiger partial charge in [-0.2, -0.15) is 0 Å². The van der Waals surface area contributed by atoms with Gasteiger partial charge in [-0.3, -0.25) is 9.59 Å². The van der Waals surface area contributed by atoms with E-state index in [1.54, 1.807) is 6.08 Å². The summed E-state index contributed by atoms with van der Waals surface area (Å²) in [4.78, 5) is 26.6. The molecule has 0 aliphatic carbocycles. The predicted molar refractivity (Wildman–Crippen MR) is 329 cm³/mol. The van der Waals surface area contributed by atoms with E-state index in [0.29, 0.717) is 12.8 Å². The van der Waals surface area contributed by atoms with Gasteiger partial charge in [0, 0.05) is 6.42 Å². The molecule has 1 rings (SSSR count). The first-order valence-corrected chi connectivity index (χ1v) is 34.1. The van der Waals surface area contributed by atoms with Crippen LogP contribution in [0, 0.1) is 0 Å². The van der Waals surface area contributed by atoms with E-state index in [1.807, 2.05) is 6.08 Å². The Balaban J connectivity index is 2.59. The maximum atomic E-state index is 13.4. The van der Waals surface area contributed by atoms with Gasteiger partial charge in [0.25, 0.3) is 0 Å². The first-order chi connectivity index (χ1) is 38.7. The van der Waals surface area contributed by atoms with Crippen LogP contribution in [0.5, 0.6) is 0 Å². The zero-order valence-electron chi connectivity index (χ0n) is 51.8. The van der Waals surface area contributed by atoms with Gasteiger partial charge in [-0.25, -0.2) is 0 Å². The number of carbonyl (C=O) groups is 2. The third-order valence-electron chi connectivity index (χ3n) is 16.4. The van der Waals surface area contributed by atoms with Crippen LogP contribution in [0.3, 0.4) is 0 Å². The van der Waals surface area contributed by atoms with Crippen molar-refractivity contribution in [3.05, 3.63) is 24.3 Å². The highest BCUT2D eigenvalue weighted by Crippen LogP contribution is 2.26. The summed E-state index contributed by atoms with van der Waals surface area (Å²) in [5.74, 6) is -1.18. The molecule has 0 spiro atoms. The summed E-state index contributed by atoms with van der Waals surface area (Å²) >= 11 is 0. The van der Waals surface area contributed by atoms with E-state index in [4.69, 9.17) is 14.2 Å². The van der Waals surface area contributed by atoms with Crippen molar-refractivity contribution in [3.8, 4) is 0 Å². The molecule has 11 heteroatoms. The van der Waals surface area contributed by atoms with Crippen LogP contribution in [-0.4, -0.2) is 99.6 Å². The monoisotopic (exact) mass is 1120 g/mol. The normalized spacial score (nSPS) is 18.9. The minimum Gasteiger partial charge on any atom is -0.454 e. The molecule has 0 saturated carbocycles. The molecule has 466 valence electrons. The van der Waals surface area contributed by atoms with Crippen LogP contribution in [0.1, 0.15) is 335 Å². The van der Waals surface area contributed by atoms with E-state index >= 15 is 0 Å². The quantitative estimate of drug-likeness (QED) is 0.0195. The Morgan fingerprint density at radius 2 is 0.835 bits per heavy atom. The summed E-state index contributed by atoms with van der Waals surface area (Å²) in [6.07, 6.45) is 56.5. The number of aliphatic hydroxyl groups is 5. The number of rotatable bonds is 59. The highest BCUT2D eigenvalue weighted by molar-refractivity contribution is 5.80. The van der Waals surface area contributed by atoms with Crippen LogP contribution in [0.25, 0.3) is 0 Å². The minimum absolute atomic E-state index is 0.130. The fraction of sp³-hybridized carbons (Fsp3) is 0.912. The lowest BCUT2D eigenvalue weighted by molar-refractivity contribution is -0.305. The molecule has 1 saturated heterocycles. The van der Waals surface area contributed by atoms with Crippen LogP contribution in [0.2, 0.25) is 0 Å². The standard InChI is InChI=1S/C68H129NO10/c1-4-7-10-13-16-19-22-25-27-28-29-30-31-32-33-34-35-38-41-44-47-50-53-56-63(73)79-66-65(75)64(74)62(57-70)78-68(66)77-58-59(60(71)54-51-48-45-42-39-36-24-21-18-15-12-9-6-3)69-67(76)61(72)55-52-49-46-43-40-37-26-23-20-17-14-11-8-5-2/h20,23,51,54,59-62,64-66,68,70-72,74-75H,4-19,21-22,24-50,52-53,55-58H2,1-3H3,(H,69,76)/b23-20-,54-51+. The second kappa shape index (κ2) is 56.6. The average molecular weight is 1120 g/mol. The maximum Gasteiger partial charge on any atom is 0.306 e. The lowest BCUT2D eigenvalue weighted by Gasteiger charge is -2.41. The second-order valence-corrected chi connectivity index (χ2v) is 23.9. The molecule has 1 aliphatic rings. The van der Waals surface area contributed by atoms with Crippen LogP contribution in [-0.2, 0) is 23.8 Å². The van der Waals surface area contributed by atoms with Crippen molar-refractivity contribution >= 4 is 11.9 Å². The molecule has 0 aromatic carbocycles. The molecule has 0 radical (unpaired) electrons. The largest absolute Gasteiger partial charge is 0.454 e. The number of unbranched alkanes of at least 4 members (excludes halogenated alkanes) is 43. The molecular formula is C68H129NO10. The number of hydrogen-bond donors (Lipinski definition) is 6. The van der Waals surface area contributed by atoms with Crippen molar-refractivity contribution < 1.29 is 49.3 Å². The fourth-order valence-electron chi connectivity index (χ4n) is 10.9. The number of ether oxygens (including phenoxy) is 3. The van der Waals surface area contributed by atoms with Gasteiger partial charge in [-0.05, 0) is 51.4 Å². The van der Waals surface area contributed by atoms with Crippen molar-refractivity contribution in [2.24, 2.45) is 0 Å². The highest BCUT2D eigenvalue weighted by atomic mass is 16.7. The molecule has 0 bridgehead atoms. The molecule has 1 fully saturated rings. The number of allylic oxidation sites excluding steroid dienone is 3. The zero-order valence-corrected chi connectivity index (χ0v) is 51.8. The summed E-state index contributed by atoms with van der Waals surface area (Å²) in [5.41, 5.74) is 0. The van der Waals surface area contributed by atoms with E-state index < -0.39 is 67.4 Å². The van der Waals surface area contributed by atoms with E-state index in [1.165, 1.54) is 218 Å². The predicted octanol–water partition coefficient (Wildman–Crippen LogP) is 16.8. The number of hydrogen-bond acceptors (Lipinski definition) is 10. The van der Waals surface area contributed by atoms with Gasteiger partial charge in [0.15, 0.2) is 12.4 Å². The number of aliphatic hydroxyl groups excluding tert-OH is 5. The Hall–Kier alpha value is -1.86. The smallest absolute Gasteiger partial charge is 0.306 e. The Morgan fingerprint density at radius 1 is 0.481 bits per heavy atom. The van der Waals surface area contributed by atoms with Crippen LogP contribution >= 0.6 is 0 Å². The number of amides is 1. The highest BCUT2D eigenvalue weighted by Gasteiger charge is 2.47. The lowest BCUT2D eigenvalue weighted by Crippen LogP contribution is -2.61. The summed E-state index contributed by atoms with van der Waals surface area (Å²) in [7, 11) is 0. The van der Waals surface area contributed by atoms with Crippen molar-refractivity contribution in [1.29, 1.82) is 0 Å². The number of esters is 1. The first-order valence-electron chi connectivity index (χ1n) is 34.1. The molecule has 79 heavy (non-hydrogen) atoms. The molecule has 0 aromatic heterocycles. The summed E-state index contributed by atoms with van der Waals surface area (Å²) in [6.45, 7) is 5.82. The van der Waals surface area contributed by atoms with Crippen LogP contribution in [0.15, 0.2) is 24.3 Å². The Morgan fingerprint density at radius 3 is 1.24 bits per heavy atom. The van der Waals surface area contributed by atoms with Crippen LogP contribution in [0.4, 0.5) is 0 Å². The van der Waals surface area contributed by atoms with E-state index in [-0.39, 0.29) is 19.4 Å². The van der Waals surface area contributed by atoms with Gasteiger partial charge in [0.1, 0.15) is 24.4 Å². The topological polar surface area (TPSA) is 175 Å². The summed E-state index contributed by atoms with van der Waals surface area (Å²) in [5, 5.41) is 57.1. The number of nitrogens with one attached hydrogen (secondary N) is 1. The van der Waals surface area contributed by atoms with Crippen molar-refractivity contribution in [1.82, 2.24) is 5.32 Å². The lowest BCUT2D eigenvalue weighted by atomic mass is 9.99. The molecule has 0 aromatic rings. The fourth-order valence-corrected chi connectivity index (χ4v) is 10.9. The maximum absolute atomic E-state index is 13.4. The summed E-state index contributed by atoms with van der Waals surface area (Å²) in [6, 6.07) is -1.02. The van der Waals surface area contributed by atoms with Gasteiger partial charge in [0.05, 0.1) is 25.4 Å². The van der Waals surface area contributed by atoms with Gasteiger partial charge < -0.3 is 45.1 Å². The average Bonchev–Trinajstić information content (AvgIpc) is 3.49.